The van der Waals surface area contributed by atoms with E-state index in [0.29, 0.717) is 24.5 Å². The molecule has 2 atom stereocenters. The van der Waals surface area contributed by atoms with Gasteiger partial charge in [0.05, 0.1) is 22.3 Å². The number of alkyl halides is 3. The lowest BCUT2D eigenvalue weighted by molar-refractivity contribution is -0.137. The predicted octanol–water partition coefficient (Wildman–Crippen LogP) is 4.62. The fraction of sp³-hybridized carbons (Fsp3) is 0.333. The van der Waals surface area contributed by atoms with E-state index in [9.17, 15) is 31.5 Å². The van der Waals surface area contributed by atoms with Crippen LogP contribution in [-0.4, -0.2) is 22.0 Å². The summed E-state index contributed by atoms with van der Waals surface area (Å²) in [6.45, 7) is 0. The summed E-state index contributed by atoms with van der Waals surface area (Å²) >= 11 is 5.60. The van der Waals surface area contributed by atoms with Crippen LogP contribution in [0.1, 0.15) is 35.6 Å². The van der Waals surface area contributed by atoms with Crippen molar-refractivity contribution < 1.29 is 26.7 Å². The number of aromatic amines is 1. The number of nitrogens with zero attached hydrogens (tertiary/aromatic N) is 1. The normalized spacial score (nSPS) is 20.6. The molecule has 2 N–H and O–H groups in total. The molecule has 2 amide bonds. The number of urea groups is 1. The fourth-order valence-corrected chi connectivity index (χ4v) is 4.30. The summed E-state index contributed by atoms with van der Waals surface area (Å²) < 4.78 is 66.8. The van der Waals surface area contributed by atoms with E-state index in [1.54, 1.807) is 0 Å². The van der Waals surface area contributed by atoms with Crippen LogP contribution in [0.25, 0.3) is 0 Å². The van der Waals surface area contributed by atoms with Gasteiger partial charge in [-0.25, -0.2) is 13.6 Å². The van der Waals surface area contributed by atoms with E-state index in [0.717, 1.165) is 0 Å². The first-order chi connectivity index (χ1) is 13.6. The van der Waals surface area contributed by atoms with Crippen molar-refractivity contribution in [2.24, 2.45) is 0 Å². The van der Waals surface area contributed by atoms with Gasteiger partial charge in [-0.3, -0.25) is 4.79 Å². The first kappa shape index (κ1) is 19.7. The van der Waals surface area contributed by atoms with Gasteiger partial charge in [-0.15, -0.1) is 0 Å². The van der Waals surface area contributed by atoms with Crippen molar-refractivity contribution in [1.82, 2.24) is 9.88 Å². The number of fused-ring (bicyclic) bond motifs is 4. The van der Waals surface area contributed by atoms with Crippen molar-refractivity contribution in [3.05, 3.63) is 62.0 Å². The Kier molecular flexibility index (Phi) is 4.56. The van der Waals surface area contributed by atoms with Gasteiger partial charge in [0.15, 0.2) is 5.82 Å². The summed E-state index contributed by atoms with van der Waals surface area (Å²) in [5.74, 6) is -2.17. The van der Waals surface area contributed by atoms with E-state index in [2.05, 4.69) is 10.3 Å². The van der Waals surface area contributed by atoms with Crippen LogP contribution in [-0.2, 0) is 12.6 Å². The lowest BCUT2D eigenvalue weighted by Crippen LogP contribution is -2.45. The first-order valence-electron chi connectivity index (χ1n) is 8.63. The molecular formula is C18H13ClF5N3O2. The minimum Gasteiger partial charge on any atom is -0.326 e. The highest BCUT2D eigenvalue weighted by Gasteiger charge is 2.44. The molecule has 1 aromatic heterocycles. The summed E-state index contributed by atoms with van der Waals surface area (Å²) in [5.41, 5.74) is -1.99. The summed E-state index contributed by atoms with van der Waals surface area (Å²) in [4.78, 5) is 27.9. The maximum absolute atomic E-state index is 14.2. The second-order valence-electron chi connectivity index (χ2n) is 6.96. The molecule has 3 heterocycles. The fourth-order valence-electron chi connectivity index (χ4n) is 4.03. The topological polar surface area (TPSA) is 65.2 Å². The van der Waals surface area contributed by atoms with Gasteiger partial charge in [-0.2, -0.15) is 13.2 Å². The maximum atomic E-state index is 14.2. The summed E-state index contributed by atoms with van der Waals surface area (Å²) in [6, 6.07) is -0.781. The van der Waals surface area contributed by atoms with E-state index in [4.69, 9.17) is 11.6 Å². The SMILES string of the molecule is O=C(Nc1cc(Cl)c(C(F)(F)F)cc1F)N1C2CCC1c1c[nH]c(=O)c(F)c1C2. The highest BCUT2D eigenvalue weighted by atomic mass is 35.5. The molecule has 2 aliphatic heterocycles. The first-order valence-corrected chi connectivity index (χ1v) is 9.01. The van der Waals surface area contributed by atoms with Crippen LogP contribution >= 0.6 is 11.6 Å². The molecule has 29 heavy (non-hydrogen) atoms. The highest BCUT2D eigenvalue weighted by Crippen LogP contribution is 2.44. The molecule has 154 valence electrons. The number of aromatic nitrogens is 1. The van der Waals surface area contributed by atoms with Gasteiger partial charge in [0, 0.05) is 17.8 Å². The van der Waals surface area contributed by atoms with Crippen molar-refractivity contribution >= 4 is 23.3 Å². The Morgan fingerprint density at radius 2 is 1.97 bits per heavy atom. The second-order valence-corrected chi connectivity index (χ2v) is 7.37. The van der Waals surface area contributed by atoms with Crippen LogP contribution in [0.3, 0.4) is 0 Å². The lowest BCUT2D eigenvalue weighted by atomic mass is 9.95. The van der Waals surface area contributed by atoms with Crippen LogP contribution in [0.5, 0.6) is 0 Å². The van der Waals surface area contributed by atoms with Crippen molar-refractivity contribution in [1.29, 1.82) is 0 Å². The molecule has 2 bridgehead atoms. The third kappa shape index (κ3) is 3.25. The number of benzene rings is 1. The number of nitrogens with one attached hydrogen (secondary N) is 2. The number of hydrogen-bond acceptors (Lipinski definition) is 2. The Balaban J connectivity index is 1.63. The van der Waals surface area contributed by atoms with E-state index in [1.807, 2.05) is 0 Å². The number of anilines is 1. The van der Waals surface area contributed by atoms with Gasteiger partial charge in [-0.1, -0.05) is 11.6 Å². The zero-order valence-electron chi connectivity index (χ0n) is 14.5. The van der Waals surface area contributed by atoms with Gasteiger partial charge in [-0.05, 0) is 37.0 Å². The monoisotopic (exact) mass is 433 g/mol. The molecule has 11 heteroatoms. The lowest BCUT2D eigenvalue weighted by Gasteiger charge is -2.36. The smallest absolute Gasteiger partial charge is 0.326 e. The number of H-pyrrole nitrogens is 1. The molecule has 4 rings (SSSR count). The predicted molar refractivity (Wildman–Crippen MR) is 93.8 cm³/mol. The molecule has 1 saturated heterocycles. The number of halogens is 6. The van der Waals surface area contributed by atoms with Gasteiger partial charge in [0.1, 0.15) is 5.82 Å². The van der Waals surface area contributed by atoms with E-state index in [1.165, 1.54) is 11.1 Å². The molecule has 5 nitrogen and oxygen atoms in total. The maximum Gasteiger partial charge on any atom is 0.417 e. The van der Waals surface area contributed by atoms with E-state index in [-0.39, 0.29) is 18.1 Å². The zero-order valence-corrected chi connectivity index (χ0v) is 15.3. The molecule has 0 saturated carbocycles. The van der Waals surface area contributed by atoms with Crippen molar-refractivity contribution in [3.63, 3.8) is 0 Å². The highest BCUT2D eigenvalue weighted by molar-refractivity contribution is 6.31. The number of carbonyl (C=O) groups is 1. The van der Waals surface area contributed by atoms with Crippen molar-refractivity contribution in [3.8, 4) is 0 Å². The number of pyridine rings is 1. The number of carbonyl (C=O) groups excluding carboxylic acids is 1. The number of rotatable bonds is 1. The van der Waals surface area contributed by atoms with Crippen molar-refractivity contribution in [2.75, 3.05) is 5.32 Å². The molecule has 2 aromatic rings. The Morgan fingerprint density at radius 3 is 2.66 bits per heavy atom. The van der Waals surface area contributed by atoms with Crippen LogP contribution in [0.4, 0.5) is 32.4 Å². The van der Waals surface area contributed by atoms with Gasteiger partial charge in [0.25, 0.3) is 5.56 Å². The van der Waals surface area contributed by atoms with Gasteiger partial charge < -0.3 is 15.2 Å². The molecule has 0 aliphatic carbocycles. The zero-order chi connectivity index (χ0) is 21.1. The van der Waals surface area contributed by atoms with Gasteiger partial charge in [0.2, 0.25) is 0 Å². The van der Waals surface area contributed by atoms with Crippen LogP contribution in [0.2, 0.25) is 5.02 Å². The van der Waals surface area contributed by atoms with Crippen LogP contribution in [0, 0.1) is 11.6 Å². The molecule has 2 aliphatic rings. The number of amides is 2. The third-order valence-electron chi connectivity index (χ3n) is 5.31. The molecule has 1 aromatic carbocycles. The second kappa shape index (κ2) is 6.72. The van der Waals surface area contributed by atoms with Crippen LogP contribution in [0.15, 0.2) is 23.1 Å². The Bertz CT molecular complexity index is 1070. The Morgan fingerprint density at radius 1 is 1.24 bits per heavy atom. The van der Waals surface area contributed by atoms with Crippen molar-refractivity contribution in [2.45, 2.75) is 37.5 Å². The summed E-state index contributed by atoms with van der Waals surface area (Å²) in [5, 5.41) is 1.50. The largest absolute Gasteiger partial charge is 0.417 e. The Labute approximate surface area is 165 Å². The number of hydrogen-bond donors (Lipinski definition) is 2. The molecule has 0 spiro atoms. The van der Waals surface area contributed by atoms with E-state index < -0.39 is 57.8 Å². The summed E-state index contributed by atoms with van der Waals surface area (Å²) in [6.07, 6.45) is -2.32. The molecule has 2 unspecified atom stereocenters. The van der Waals surface area contributed by atoms with Crippen LogP contribution < -0.4 is 10.9 Å². The average Bonchev–Trinajstić information content (AvgIpc) is 2.95. The third-order valence-corrected chi connectivity index (χ3v) is 5.62. The molecular weight excluding hydrogens is 421 g/mol. The Hall–Kier alpha value is -2.62. The minimum atomic E-state index is -4.84. The molecule has 1 fully saturated rings. The summed E-state index contributed by atoms with van der Waals surface area (Å²) in [7, 11) is 0. The van der Waals surface area contributed by atoms with E-state index >= 15 is 0 Å². The van der Waals surface area contributed by atoms with Gasteiger partial charge >= 0.3 is 12.2 Å². The molecule has 0 radical (unpaired) electrons. The quantitative estimate of drug-likeness (QED) is 0.645. The average molecular weight is 434 g/mol. The standard InChI is InChI=1S/C18H13ClF5N3O2/c19-11-5-13(12(20)4-10(11)18(22,23)24)26-17(29)27-7-1-2-14(27)9-6-25-16(28)15(21)8(9)3-7/h4-7,14H,1-3H2,(H,25,28)(H,26,29). The minimum absolute atomic E-state index is 0.116.